The van der Waals surface area contributed by atoms with Gasteiger partial charge in [0.25, 0.3) is 0 Å². The Morgan fingerprint density at radius 3 is 1.79 bits per heavy atom. The fourth-order valence-electron chi connectivity index (χ4n) is 5.23. The molecule has 2 aromatic heterocycles. The molecule has 0 radical (unpaired) electrons. The van der Waals surface area contributed by atoms with Gasteiger partial charge in [0.1, 0.15) is 0 Å². The molecule has 6 aromatic rings. The van der Waals surface area contributed by atoms with Crippen molar-refractivity contribution < 1.29 is 9.59 Å². The molecular formula is C33H20N2O2Se. The van der Waals surface area contributed by atoms with Crippen LogP contribution in [0.25, 0.3) is 27.6 Å². The van der Waals surface area contributed by atoms with Crippen LogP contribution in [0.1, 0.15) is 25.2 Å². The molecule has 0 spiro atoms. The molecule has 0 saturated heterocycles. The summed E-state index contributed by atoms with van der Waals surface area (Å²) in [4.78, 5) is 34.2. The van der Waals surface area contributed by atoms with Crippen molar-refractivity contribution in [1.29, 1.82) is 0 Å². The first kappa shape index (κ1) is 22.6. The van der Waals surface area contributed by atoms with Gasteiger partial charge in [-0.3, -0.25) is 0 Å². The molecule has 7 rings (SSSR count). The van der Waals surface area contributed by atoms with Gasteiger partial charge in [-0.1, -0.05) is 0 Å². The summed E-state index contributed by atoms with van der Waals surface area (Å²) < 4.78 is 2.06. The van der Waals surface area contributed by atoms with Crippen molar-refractivity contribution in [2.24, 2.45) is 0 Å². The number of hydrogen-bond donors (Lipinski definition) is 0. The van der Waals surface area contributed by atoms with E-state index in [2.05, 4.69) is 28.1 Å². The van der Waals surface area contributed by atoms with Crippen molar-refractivity contribution in [2.75, 3.05) is 4.90 Å². The van der Waals surface area contributed by atoms with Crippen LogP contribution in [0.3, 0.4) is 0 Å². The number of Topliss-reactive ketones (excluding diaryl/α,β-unsaturated/α-hetero) is 2. The van der Waals surface area contributed by atoms with Crippen molar-refractivity contribution in [2.45, 2.75) is 0 Å². The van der Waals surface area contributed by atoms with Gasteiger partial charge in [-0.25, -0.2) is 0 Å². The minimum atomic E-state index is -0.193. The minimum absolute atomic E-state index is 0.125. The van der Waals surface area contributed by atoms with Gasteiger partial charge in [0, 0.05) is 0 Å². The predicted octanol–water partition coefficient (Wildman–Crippen LogP) is 7.38. The molecule has 0 bridgehead atoms. The summed E-state index contributed by atoms with van der Waals surface area (Å²) in [6.07, 6.45) is 3.59. The Hall–Kier alpha value is -4.57. The second-order valence-corrected chi connectivity index (χ2v) is 11.4. The third-order valence-electron chi connectivity index (χ3n) is 6.89. The summed E-state index contributed by atoms with van der Waals surface area (Å²) in [5.74, 6) is 0.441. The maximum atomic E-state index is 13.8. The van der Waals surface area contributed by atoms with E-state index in [0.717, 1.165) is 42.0 Å². The zero-order chi connectivity index (χ0) is 25.6. The van der Waals surface area contributed by atoms with Gasteiger partial charge in [0.15, 0.2) is 0 Å². The zero-order valence-corrected chi connectivity index (χ0v) is 21.9. The summed E-state index contributed by atoms with van der Waals surface area (Å²) in [6.45, 7) is 0. The molecule has 0 aliphatic heterocycles. The molecule has 0 amide bonds. The van der Waals surface area contributed by atoms with E-state index < -0.39 is 0 Å². The summed E-state index contributed by atoms with van der Waals surface area (Å²) in [5, 5.41) is 3.65. The number of rotatable bonds is 4. The Bertz CT molecular complexity index is 1790. The molecule has 4 aromatic carbocycles. The van der Waals surface area contributed by atoms with Gasteiger partial charge >= 0.3 is 226 Å². The van der Waals surface area contributed by atoms with Crippen LogP contribution in [-0.2, 0) is 0 Å². The Morgan fingerprint density at radius 2 is 1.18 bits per heavy atom. The van der Waals surface area contributed by atoms with Gasteiger partial charge in [0.05, 0.1) is 0 Å². The Kier molecular flexibility index (Phi) is 5.40. The number of benzene rings is 4. The first-order valence-electron chi connectivity index (χ1n) is 12.3. The topological polar surface area (TPSA) is 50.3 Å². The molecular weight excluding hydrogens is 535 g/mol. The van der Waals surface area contributed by atoms with Crippen molar-refractivity contribution in [3.05, 3.63) is 137 Å². The second-order valence-electron chi connectivity index (χ2n) is 9.09. The standard InChI is InChI=1S/C33H20N2O2Se/c36-32-27(33(37)31-26-15-7-5-13-24(26)23-12-4-6-14-25(23)30(31)32)20-22-17-18-29(38-22)35(21-10-2-1-3-11-21)28-16-8-9-19-34-28/h1-20H. The molecule has 0 saturated carbocycles. The van der Waals surface area contributed by atoms with E-state index in [9.17, 15) is 9.59 Å². The van der Waals surface area contributed by atoms with E-state index in [1.165, 1.54) is 0 Å². The third kappa shape index (κ3) is 3.56. The van der Waals surface area contributed by atoms with Crippen LogP contribution in [0.2, 0.25) is 0 Å². The second kappa shape index (κ2) is 9.07. The molecule has 1 aliphatic rings. The summed E-state index contributed by atoms with van der Waals surface area (Å²) >= 11 is -0.125. The molecule has 1 aliphatic carbocycles. The van der Waals surface area contributed by atoms with Crippen molar-refractivity contribution in [3.63, 3.8) is 0 Å². The van der Waals surface area contributed by atoms with Crippen molar-refractivity contribution in [3.8, 4) is 0 Å². The Morgan fingerprint density at radius 1 is 0.605 bits per heavy atom. The summed E-state index contributed by atoms with van der Waals surface area (Å²) in [7, 11) is 0. The third-order valence-corrected chi connectivity index (χ3v) is 9.02. The van der Waals surface area contributed by atoms with Gasteiger partial charge in [0.2, 0.25) is 0 Å². The number of fused-ring (bicyclic) bond motifs is 6. The number of nitrogens with zero attached hydrogens (tertiary/aromatic N) is 2. The van der Waals surface area contributed by atoms with Crippen LogP contribution >= 0.6 is 0 Å². The van der Waals surface area contributed by atoms with Gasteiger partial charge in [-0.05, 0) is 0 Å². The van der Waals surface area contributed by atoms with E-state index in [1.54, 1.807) is 12.3 Å². The zero-order valence-electron chi connectivity index (χ0n) is 20.2. The average molecular weight is 555 g/mol. The number of carbonyl (C=O) groups is 2. The van der Waals surface area contributed by atoms with Crippen LogP contribution in [0.5, 0.6) is 0 Å². The number of anilines is 3. The van der Waals surface area contributed by atoms with E-state index in [4.69, 9.17) is 0 Å². The van der Waals surface area contributed by atoms with Gasteiger partial charge in [-0.2, -0.15) is 0 Å². The van der Waals surface area contributed by atoms with E-state index >= 15 is 0 Å². The number of ketones is 2. The number of allylic oxidation sites excluding steroid dienone is 1. The number of aromatic nitrogens is 1. The van der Waals surface area contributed by atoms with Gasteiger partial charge in [-0.15, -0.1) is 0 Å². The SMILES string of the molecule is O=C1C(=Cc2ccc(N(c3ccccc3)c3ccccn3)[se]2)C(=O)c2c1c1ccccc1c1ccccc21. The number of carbonyl (C=O) groups excluding carboxylic acids is 2. The van der Waals surface area contributed by atoms with E-state index in [0.29, 0.717) is 11.1 Å². The first-order chi connectivity index (χ1) is 18.7. The molecule has 0 fully saturated rings. The van der Waals surface area contributed by atoms with Crippen LogP contribution < -0.4 is 4.90 Å². The van der Waals surface area contributed by atoms with Crippen LogP contribution in [0.15, 0.2) is 121 Å². The molecule has 0 atom stereocenters. The van der Waals surface area contributed by atoms with E-state index in [1.807, 2.05) is 91.0 Å². The van der Waals surface area contributed by atoms with Crippen LogP contribution in [0, 0.1) is 0 Å². The molecule has 4 nitrogen and oxygen atoms in total. The van der Waals surface area contributed by atoms with Crippen LogP contribution in [-0.4, -0.2) is 31.1 Å². The Labute approximate surface area is 225 Å². The quantitative estimate of drug-likeness (QED) is 0.0986. The predicted molar refractivity (Wildman–Crippen MR) is 154 cm³/mol. The monoisotopic (exact) mass is 556 g/mol. The average Bonchev–Trinajstić information content (AvgIpc) is 3.53. The molecule has 38 heavy (non-hydrogen) atoms. The molecule has 180 valence electrons. The van der Waals surface area contributed by atoms with E-state index in [-0.39, 0.29) is 31.6 Å². The van der Waals surface area contributed by atoms with Crippen molar-refractivity contribution in [1.82, 2.24) is 4.98 Å². The molecule has 0 unspecified atom stereocenters. The van der Waals surface area contributed by atoms with Crippen molar-refractivity contribution >= 4 is 69.8 Å². The Balaban J connectivity index is 1.35. The molecule has 0 N–H and O–H groups in total. The first-order valence-corrected chi connectivity index (χ1v) is 14.0. The fourth-order valence-corrected chi connectivity index (χ4v) is 7.29. The van der Waals surface area contributed by atoms with Gasteiger partial charge < -0.3 is 0 Å². The number of hydrogen-bond acceptors (Lipinski definition) is 4. The molecule has 5 heteroatoms. The summed E-state index contributed by atoms with van der Waals surface area (Å²) in [5.41, 5.74) is 2.30. The molecule has 2 heterocycles. The summed E-state index contributed by atoms with van der Waals surface area (Å²) in [6, 6.07) is 35.8. The van der Waals surface area contributed by atoms with Crippen LogP contribution in [0.4, 0.5) is 16.1 Å². The number of para-hydroxylation sites is 1. The normalized spacial score (nSPS) is 12.8. The maximum absolute atomic E-state index is 13.8. The number of pyridine rings is 1. The fraction of sp³-hybridized carbons (Fsp3) is 0.